The fraction of sp³-hybridized carbons (Fsp3) is 0.409. The van der Waals surface area contributed by atoms with Crippen molar-refractivity contribution in [2.45, 2.75) is 52.2 Å². The zero-order chi connectivity index (χ0) is 18.5. The Kier molecular flexibility index (Phi) is 5.94. The van der Waals surface area contributed by atoms with Crippen LogP contribution in [0.15, 0.2) is 47.5 Å². The number of benzene rings is 2. The van der Waals surface area contributed by atoms with Gasteiger partial charge in [-0.05, 0) is 74.5 Å². The predicted molar refractivity (Wildman–Crippen MR) is 110 cm³/mol. The number of rotatable bonds is 6. The van der Waals surface area contributed by atoms with Gasteiger partial charge in [-0.2, -0.15) is 0 Å². The maximum atomic E-state index is 6.13. The molecular formula is C22H30N4. The zero-order valence-electron chi connectivity index (χ0n) is 16.1. The summed E-state index contributed by atoms with van der Waals surface area (Å²) in [5, 5.41) is 3.24. The van der Waals surface area contributed by atoms with Gasteiger partial charge in [0.25, 0.3) is 0 Å². The minimum absolute atomic E-state index is 0.468. The molecule has 4 heteroatoms. The van der Waals surface area contributed by atoms with Crippen LogP contribution < -0.4 is 11.1 Å². The van der Waals surface area contributed by atoms with Crippen molar-refractivity contribution in [3.8, 4) is 0 Å². The third-order valence-corrected chi connectivity index (χ3v) is 5.21. The van der Waals surface area contributed by atoms with Crippen LogP contribution in [0.2, 0.25) is 0 Å². The Morgan fingerprint density at radius 3 is 2.62 bits per heavy atom. The van der Waals surface area contributed by atoms with Crippen LogP contribution in [0.4, 0.5) is 5.69 Å². The van der Waals surface area contributed by atoms with Crippen molar-refractivity contribution >= 4 is 11.6 Å². The topological polar surface area (TPSA) is 53.6 Å². The number of fused-ring (bicyclic) bond motifs is 1. The van der Waals surface area contributed by atoms with Gasteiger partial charge in [0, 0.05) is 18.3 Å². The molecule has 0 aromatic heterocycles. The van der Waals surface area contributed by atoms with Gasteiger partial charge in [0.1, 0.15) is 0 Å². The summed E-state index contributed by atoms with van der Waals surface area (Å²) >= 11 is 0. The molecule has 0 bridgehead atoms. The fourth-order valence-corrected chi connectivity index (χ4v) is 3.32. The lowest BCUT2D eigenvalue weighted by Crippen LogP contribution is -2.26. The highest BCUT2D eigenvalue weighted by molar-refractivity contribution is 5.92. The summed E-state index contributed by atoms with van der Waals surface area (Å²) in [5.74, 6) is 0.468. The van der Waals surface area contributed by atoms with Crippen LogP contribution in [0.5, 0.6) is 0 Å². The number of hydrogen-bond acceptors (Lipinski definition) is 2. The van der Waals surface area contributed by atoms with E-state index in [9.17, 15) is 0 Å². The molecule has 3 rings (SSSR count). The van der Waals surface area contributed by atoms with Crippen LogP contribution in [0.1, 0.15) is 42.5 Å². The lowest BCUT2D eigenvalue weighted by Gasteiger charge is -2.22. The van der Waals surface area contributed by atoms with Gasteiger partial charge in [0.05, 0.1) is 6.54 Å². The lowest BCUT2D eigenvalue weighted by molar-refractivity contribution is 0.265. The molecule has 3 N–H and O–H groups in total. The van der Waals surface area contributed by atoms with Crippen LogP contribution in [-0.2, 0) is 25.9 Å². The van der Waals surface area contributed by atoms with E-state index >= 15 is 0 Å². The van der Waals surface area contributed by atoms with Gasteiger partial charge in [0.15, 0.2) is 5.96 Å². The molecule has 26 heavy (non-hydrogen) atoms. The summed E-state index contributed by atoms with van der Waals surface area (Å²) in [5.41, 5.74) is 12.6. The Labute approximate surface area is 157 Å². The quantitative estimate of drug-likeness (QED) is 0.613. The highest BCUT2D eigenvalue weighted by Crippen LogP contribution is 2.24. The second kappa shape index (κ2) is 8.37. The van der Waals surface area contributed by atoms with Crippen molar-refractivity contribution in [2.75, 3.05) is 12.4 Å². The molecular weight excluding hydrogens is 320 g/mol. The van der Waals surface area contributed by atoms with Gasteiger partial charge < -0.3 is 11.1 Å². The zero-order valence-corrected chi connectivity index (χ0v) is 16.1. The SMILES string of the molecule is CC(C)N(C)Cc1ccccc1CN=C(N)Nc1ccc2c(c1)CCC2. The van der Waals surface area contributed by atoms with Gasteiger partial charge in [-0.1, -0.05) is 30.3 Å². The molecule has 0 amide bonds. The number of aliphatic imine (C=N–C) groups is 1. The first-order valence-corrected chi connectivity index (χ1v) is 9.48. The van der Waals surface area contributed by atoms with Crippen molar-refractivity contribution in [3.63, 3.8) is 0 Å². The number of nitrogens with zero attached hydrogens (tertiary/aromatic N) is 2. The van der Waals surface area contributed by atoms with E-state index in [1.54, 1.807) is 0 Å². The summed E-state index contributed by atoms with van der Waals surface area (Å²) in [7, 11) is 2.15. The highest BCUT2D eigenvalue weighted by atomic mass is 15.1. The fourth-order valence-electron chi connectivity index (χ4n) is 3.32. The Bertz CT molecular complexity index is 779. The number of anilines is 1. The van der Waals surface area contributed by atoms with E-state index in [4.69, 9.17) is 5.73 Å². The number of nitrogens with two attached hydrogens (primary N) is 1. The molecule has 4 nitrogen and oxygen atoms in total. The van der Waals surface area contributed by atoms with Gasteiger partial charge in [-0.15, -0.1) is 0 Å². The van der Waals surface area contributed by atoms with E-state index in [0.29, 0.717) is 18.5 Å². The Hall–Kier alpha value is -2.33. The van der Waals surface area contributed by atoms with Crippen molar-refractivity contribution in [3.05, 3.63) is 64.7 Å². The second-order valence-electron chi connectivity index (χ2n) is 7.44. The molecule has 0 aliphatic heterocycles. The van der Waals surface area contributed by atoms with Gasteiger partial charge in [-0.3, -0.25) is 4.90 Å². The van der Waals surface area contributed by atoms with E-state index in [1.165, 1.54) is 41.5 Å². The molecule has 0 unspecified atom stereocenters. The molecule has 1 aliphatic carbocycles. The largest absolute Gasteiger partial charge is 0.370 e. The first kappa shape index (κ1) is 18.5. The van der Waals surface area contributed by atoms with Crippen molar-refractivity contribution < 1.29 is 0 Å². The van der Waals surface area contributed by atoms with Crippen LogP contribution in [0.25, 0.3) is 0 Å². The average Bonchev–Trinajstić information content (AvgIpc) is 3.08. The summed E-state index contributed by atoms with van der Waals surface area (Å²) in [4.78, 5) is 6.89. The minimum Gasteiger partial charge on any atom is -0.370 e. The van der Waals surface area contributed by atoms with E-state index in [1.807, 2.05) is 0 Å². The van der Waals surface area contributed by atoms with Crippen LogP contribution >= 0.6 is 0 Å². The molecule has 2 aromatic rings. The third kappa shape index (κ3) is 4.64. The molecule has 0 spiro atoms. The maximum Gasteiger partial charge on any atom is 0.193 e. The van der Waals surface area contributed by atoms with Crippen LogP contribution in [0.3, 0.4) is 0 Å². The summed E-state index contributed by atoms with van der Waals surface area (Å²) in [6, 6.07) is 15.5. The third-order valence-electron chi connectivity index (χ3n) is 5.21. The molecule has 0 fully saturated rings. The second-order valence-corrected chi connectivity index (χ2v) is 7.44. The molecule has 1 aliphatic rings. The molecule has 0 heterocycles. The standard InChI is InChI=1S/C22H30N4/c1-16(2)26(3)15-20-8-5-4-7-19(20)14-24-22(23)25-21-12-11-17-9-6-10-18(17)13-21/h4-5,7-8,11-13,16H,6,9-10,14-15H2,1-3H3,(H3,23,24,25). The smallest absolute Gasteiger partial charge is 0.193 e. The molecule has 138 valence electrons. The van der Waals surface area contributed by atoms with Crippen LogP contribution in [-0.4, -0.2) is 23.9 Å². The Morgan fingerprint density at radius 2 is 1.85 bits per heavy atom. The molecule has 0 radical (unpaired) electrons. The van der Waals surface area contributed by atoms with Crippen molar-refractivity contribution in [1.82, 2.24) is 4.90 Å². The molecule has 0 saturated heterocycles. The number of aryl methyl sites for hydroxylation is 2. The summed E-state index contributed by atoms with van der Waals surface area (Å²) < 4.78 is 0. The van der Waals surface area contributed by atoms with E-state index in [2.05, 4.69) is 78.6 Å². The minimum atomic E-state index is 0.468. The van der Waals surface area contributed by atoms with E-state index < -0.39 is 0 Å². The number of guanidine groups is 1. The van der Waals surface area contributed by atoms with E-state index in [-0.39, 0.29) is 0 Å². The molecule has 0 saturated carbocycles. The van der Waals surface area contributed by atoms with Gasteiger partial charge in [0.2, 0.25) is 0 Å². The Balaban J connectivity index is 1.65. The predicted octanol–water partition coefficient (Wildman–Crippen LogP) is 3.94. The van der Waals surface area contributed by atoms with Crippen molar-refractivity contribution in [2.24, 2.45) is 10.7 Å². The first-order chi connectivity index (χ1) is 12.5. The Morgan fingerprint density at radius 1 is 1.12 bits per heavy atom. The number of nitrogens with one attached hydrogen (secondary N) is 1. The van der Waals surface area contributed by atoms with Gasteiger partial charge >= 0.3 is 0 Å². The summed E-state index contributed by atoms with van der Waals surface area (Å²) in [6.07, 6.45) is 3.61. The lowest BCUT2D eigenvalue weighted by atomic mass is 10.1. The number of hydrogen-bond donors (Lipinski definition) is 2. The van der Waals surface area contributed by atoms with Crippen molar-refractivity contribution in [1.29, 1.82) is 0 Å². The normalized spacial score (nSPS) is 14.1. The summed E-state index contributed by atoms with van der Waals surface area (Å²) in [6.45, 7) is 5.92. The average molecular weight is 351 g/mol. The highest BCUT2D eigenvalue weighted by Gasteiger charge is 2.11. The monoisotopic (exact) mass is 350 g/mol. The van der Waals surface area contributed by atoms with E-state index in [0.717, 1.165) is 12.2 Å². The molecule has 2 aromatic carbocycles. The maximum absolute atomic E-state index is 6.13. The van der Waals surface area contributed by atoms with Crippen LogP contribution in [0, 0.1) is 0 Å². The van der Waals surface area contributed by atoms with Gasteiger partial charge in [-0.25, -0.2) is 4.99 Å². The first-order valence-electron chi connectivity index (χ1n) is 9.48. The molecule has 0 atom stereocenters.